The maximum absolute atomic E-state index is 13.0. The number of benzene rings is 4. The molecule has 200 valence electrons. The van der Waals surface area contributed by atoms with Crippen LogP contribution in [0.1, 0.15) is 20.7 Å². The van der Waals surface area contributed by atoms with E-state index in [0.717, 1.165) is 24.3 Å². The highest BCUT2D eigenvalue weighted by Gasteiger charge is 2.19. The van der Waals surface area contributed by atoms with Crippen LogP contribution in [0.2, 0.25) is 10.0 Å². The van der Waals surface area contributed by atoms with Gasteiger partial charge in [-0.05, 0) is 42.5 Å². The van der Waals surface area contributed by atoms with Gasteiger partial charge in [0, 0.05) is 30.0 Å². The van der Waals surface area contributed by atoms with Gasteiger partial charge in [0.05, 0.1) is 42.4 Å². The van der Waals surface area contributed by atoms with E-state index in [-0.39, 0.29) is 49.6 Å². The number of azo groups is 1. The second kappa shape index (κ2) is 12.1. The van der Waals surface area contributed by atoms with E-state index in [1.54, 1.807) is 24.3 Å². The van der Waals surface area contributed by atoms with Crippen LogP contribution in [0.5, 0.6) is 0 Å². The van der Waals surface area contributed by atoms with Crippen LogP contribution in [-0.4, -0.2) is 21.7 Å². The SMILES string of the molecule is O=C(Nc1ccc(N=Nc2ccccc2)c(NC(=O)c2ccc([N+](=O)[O-])cc2Cl)c1)c1ccc([N+](=O)[O-])cc1Cl. The minimum absolute atomic E-state index is 0.0108. The summed E-state index contributed by atoms with van der Waals surface area (Å²) in [5.41, 5.74) is 0.520. The molecule has 0 aliphatic carbocycles. The second-order valence-electron chi connectivity index (χ2n) is 8.02. The van der Waals surface area contributed by atoms with E-state index in [2.05, 4.69) is 20.9 Å². The maximum atomic E-state index is 13.0. The molecule has 0 aliphatic rings. The molecule has 0 spiro atoms. The van der Waals surface area contributed by atoms with Crippen LogP contribution in [0.15, 0.2) is 95.2 Å². The first-order chi connectivity index (χ1) is 19.1. The summed E-state index contributed by atoms with van der Waals surface area (Å²) >= 11 is 12.2. The number of rotatable bonds is 8. The van der Waals surface area contributed by atoms with E-state index in [1.807, 2.05) is 6.07 Å². The number of hydrogen-bond donors (Lipinski definition) is 2. The van der Waals surface area contributed by atoms with E-state index in [1.165, 1.54) is 30.3 Å². The Kier molecular flexibility index (Phi) is 8.42. The number of nitrogens with zero attached hydrogens (tertiary/aromatic N) is 4. The molecular formula is C26H16Cl2N6O6. The molecule has 0 aliphatic heterocycles. The largest absolute Gasteiger partial charge is 0.322 e. The molecule has 40 heavy (non-hydrogen) atoms. The van der Waals surface area contributed by atoms with Gasteiger partial charge in [0.2, 0.25) is 0 Å². The van der Waals surface area contributed by atoms with Crippen molar-refractivity contribution in [1.82, 2.24) is 0 Å². The van der Waals surface area contributed by atoms with Crippen molar-refractivity contribution < 1.29 is 19.4 Å². The van der Waals surface area contributed by atoms with Crippen LogP contribution in [0.3, 0.4) is 0 Å². The molecule has 0 aromatic heterocycles. The second-order valence-corrected chi connectivity index (χ2v) is 8.83. The van der Waals surface area contributed by atoms with Crippen molar-refractivity contribution in [1.29, 1.82) is 0 Å². The molecule has 0 radical (unpaired) electrons. The monoisotopic (exact) mass is 578 g/mol. The normalized spacial score (nSPS) is 10.8. The number of nitrogens with one attached hydrogen (secondary N) is 2. The number of hydrogen-bond acceptors (Lipinski definition) is 8. The Morgan fingerprint density at radius 1 is 0.675 bits per heavy atom. The molecule has 2 N–H and O–H groups in total. The minimum Gasteiger partial charge on any atom is -0.322 e. The third-order valence-electron chi connectivity index (χ3n) is 5.35. The quantitative estimate of drug-likeness (QED) is 0.123. The van der Waals surface area contributed by atoms with E-state index in [0.29, 0.717) is 5.69 Å². The summed E-state index contributed by atoms with van der Waals surface area (Å²) in [5, 5.41) is 35.3. The summed E-state index contributed by atoms with van der Waals surface area (Å²) in [6.45, 7) is 0. The van der Waals surface area contributed by atoms with Gasteiger partial charge in [-0.3, -0.25) is 29.8 Å². The van der Waals surface area contributed by atoms with Gasteiger partial charge in [-0.25, -0.2) is 0 Å². The summed E-state index contributed by atoms with van der Waals surface area (Å²) < 4.78 is 0. The summed E-state index contributed by atoms with van der Waals surface area (Å²) in [6.07, 6.45) is 0. The standard InChI is InChI=1S/C26H16Cl2N6O6/c27-21-13-17(33(37)38)7-9-19(21)25(35)29-16-6-11-23(32-31-15-4-2-1-3-5-15)24(12-16)30-26(36)20-10-8-18(34(39)40)14-22(20)28/h1-14H,(H,29,35)(H,30,36). The van der Waals surface area contributed by atoms with Crippen LogP contribution in [0, 0.1) is 20.2 Å². The van der Waals surface area contributed by atoms with Gasteiger partial charge < -0.3 is 10.6 Å². The average molecular weight is 579 g/mol. The lowest BCUT2D eigenvalue weighted by Gasteiger charge is -2.12. The van der Waals surface area contributed by atoms with Crippen LogP contribution in [-0.2, 0) is 0 Å². The van der Waals surface area contributed by atoms with Crippen LogP contribution in [0.25, 0.3) is 0 Å². The van der Waals surface area contributed by atoms with E-state index < -0.39 is 21.7 Å². The molecule has 14 heteroatoms. The predicted octanol–water partition coefficient (Wildman–Crippen LogP) is 7.73. The molecule has 2 amide bonds. The molecule has 4 aromatic rings. The van der Waals surface area contributed by atoms with E-state index in [4.69, 9.17) is 23.2 Å². The van der Waals surface area contributed by atoms with Crippen LogP contribution < -0.4 is 10.6 Å². The molecule has 0 saturated heterocycles. The first-order valence-corrected chi connectivity index (χ1v) is 12.0. The van der Waals surface area contributed by atoms with Gasteiger partial charge >= 0.3 is 0 Å². The number of non-ortho nitro benzene ring substituents is 2. The van der Waals surface area contributed by atoms with Crippen molar-refractivity contribution in [3.63, 3.8) is 0 Å². The Bertz CT molecular complexity index is 1680. The summed E-state index contributed by atoms with van der Waals surface area (Å²) in [5.74, 6) is -1.35. The third kappa shape index (κ3) is 6.62. The number of carbonyl (C=O) groups excluding carboxylic acids is 2. The lowest BCUT2D eigenvalue weighted by molar-refractivity contribution is -0.385. The van der Waals surface area contributed by atoms with Crippen molar-refractivity contribution in [3.05, 3.63) is 126 Å². The van der Waals surface area contributed by atoms with Gasteiger partial charge in [-0.2, -0.15) is 5.11 Å². The molecule has 0 saturated carbocycles. The van der Waals surface area contributed by atoms with Crippen molar-refractivity contribution in [3.8, 4) is 0 Å². The van der Waals surface area contributed by atoms with Crippen molar-refractivity contribution in [2.24, 2.45) is 10.2 Å². The lowest BCUT2D eigenvalue weighted by Crippen LogP contribution is -2.15. The fourth-order valence-electron chi connectivity index (χ4n) is 3.40. The Morgan fingerprint density at radius 3 is 1.75 bits per heavy atom. The highest BCUT2D eigenvalue weighted by molar-refractivity contribution is 6.35. The van der Waals surface area contributed by atoms with Gasteiger partial charge in [0.1, 0.15) is 5.69 Å². The summed E-state index contributed by atoms with van der Waals surface area (Å²) in [6, 6.07) is 20.0. The molecule has 0 heterocycles. The summed E-state index contributed by atoms with van der Waals surface area (Å²) in [4.78, 5) is 46.5. The molecule has 0 atom stereocenters. The summed E-state index contributed by atoms with van der Waals surface area (Å²) in [7, 11) is 0. The number of anilines is 2. The molecule has 4 rings (SSSR count). The molecular weight excluding hydrogens is 563 g/mol. The number of nitro benzene ring substituents is 2. The van der Waals surface area contributed by atoms with Gasteiger partial charge in [0.15, 0.2) is 0 Å². The van der Waals surface area contributed by atoms with Crippen LogP contribution >= 0.6 is 23.2 Å². The average Bonchev–Trinajstić information content (AvgIpc) is 2.92. The maximum Gasteiger partial charge on any atom is 0.270 e. The number of halogens is 2. The molecule has 12 nitrogen and oxygen atoms in total. The number of carbonyl (C=O) groups is 2. The van der Waals surface area contributed by atoms with Crippen molar-refractivity contribution in [2.75, 3.05) is 10.6 Å². The fraction of sp³-hybridized carbons (Fsp3) is 0. The van der Waals surface area contributed by atoms with Gasteiger partial charge in [-0.1, -0.05) is 41.4 Å². The minimum atomic E-state index is -0.696. The Hall–Kier alpha value is -5.20. The Morgan fingerprint density at radius 2 is 1.23 bits per heavy atom. The molecule has 0 bridgehead atoms. The zero-order valence-corrected chi connectivity index (χ0v) is 21.6. The Balaban J connectivity index is 1.65. The molecule has 0 unspecified atom stereocenters. The van der Waals surface area contributed by atoms with Crippen molar-refractivity contribution in [2.45, 2.75) is 0 Å². The predicted molar refractivity (Wildman–Crippen MR) is 149 cm³/mol. The zero-order valence-electron chi connectivity index (χ0n) is 20.1. The zero-order chi connectivity index (χ0) is 28.8. The van der Waals surface area contributed by atoms with E-state index in [9.17, 15) is 29.8 Å². The Labute approximate surface area is 235 Å². The van der Waals surface area contributed by atoms with E-state index >= 15 is 0 Å². The van der Waals surface area contributed by atoms with Gasteiger partial charge in [0.25, 0.3) is 23.2 Å². The lowest BCUT2D eigenvalue weighted by atomic mass is 10.1. The fourth-order valence-corrected chi connectivity index (χ4v) is 3.92. The third-order valence-corrected chi connectivity index (χ3v) is 5.97. The molecule has 4 aromatic carbocycles. The highest BCUT2D eigenvalue weighted by Crippen LogP contribution is 2.32. The van der Waals surface area contributed by atoms with Gasteiger partial charge in [-0.15, -0.1) is 5.11 Å². The first-order valence-electron chi connectivity index (χ1n) is 11.2. The smallest absolute Gasteiger partial charge is 0.270 e. The topological polar surface area (TPSA) is 169 Å². The molecule has 0 fully saturated rings. The first kappa shape index (κ1) is 27.8. The van der Waals surface area contributed by atoms with Crippen molar-refractivity contribution >= 4 is 69.1 Å². The highest BCUT2D eigenvalue weighted by atomic mass is 35.5. The number of amides is 2. The van der Waals surface area contributed by atoms with Crippen LogP contribution in [0.4, 0.5) is 34.1 Å². The number of nitro groups is 2.